The summed E-state index contributed by atoms with van der Waals surface area (Å²) in [6, 6.07) is 0. The summed E-state index contributed by atoms with van der Waals surface area (Å²) >= 11 is 0. The molecule has 27 nitrogen and oxygen atoms in total. The van der Waals surface area contributed by atoms with Crippen LogP contribution in [0.2, 0.25) is 0 Å². The second-order valence-corrected chi connectivity index (χ2v) is 7.17. The Kier molecular flexibility index (Phi) is 7.70. The summed E-state index contributed by atoms with van der Waals surface area (Å²) in [4.78, 5) is 77.2. The van der Waals surface area contributed by atoms with E-state index < -0.39 is 112 Å². The first-order chi connectivity index (χ1) is 18.8. The predicted molar refractivity (Wildman–Crippen MR) is 121 cm³/mol. The summed E-state index contributed by atoms with van der Waals surface area (Å²) in [5.41, 5.74) is -22.4. The zero-order valence-electron chi connectivity index (χ0n) is 19.4. The number of nitro groups is 8. The van der Waals surface area contributed by atoms with Gasteiger partial charge in [0.15, 0.2) is 0 Å². The molecular weight excluding hydrogens is 580 g/mol. The molecule has 0 fully saturated rings. The number of nitrogens with zero attached hydrogens (tertiary/aromatic N) is 10. The van der Waals surface area contributed by atoms with Crippen LogP contribution in [0.25, 0.3) is 0 Å². The van der Waals surface area contributed by atoms with Crippen LogP contribution in [-0.2, 0) is 0 Å². The fraction of sp³-hybridized carbons (Fsp3) is 0.143. The molecule has 0 aliphatic heterocycles. The number of hydrogen-bond acceptors (Lipinski definition) is 18. The summed E-state index contributed by atoms with van der Waals surface area (Å²) in [6.45, 7) is 0.927. The third-order valence-corrected chi connectivity index (χ3v) is 5.06. The van der Waals surface area contributed by atoms with Gasteiger partial charge in [-0.05, 0) is 18.7 Å². The van der Waals surface area contributed by atoms with E-state index in [9.17, 15) is 86.1 Å². The average Bonchev–Trinajstić information content (AvgIpc) is 2.81. The molecule has 2 aromatic carbocycles. The first kappa shape index (κ1) is 30.3. The van der Waals surface area contributed by atoms with Crippen molar-refractivity contribution in [1.29, 1.82) is 0 Å². The van der Waals surface area contributed by atoms with Gasteiger partial charge in [0.25, 0.3) is 0 Å². The van der Waals surface area contributed by atoms with E-state index in [1.165, 1.54) is 0 Å². The molecule has 0 aliphatic carbocycles. The SMILES string of the molecule is Cc1c(N=[N+]([O-])c2c(C)c([N+](=O)[O-])c([N+](=O)[O-])c([N+](=O)[O-])c2[N+](=O)[O-])c([N+](=O)[O-])c([N+](=O)[O-])c([N+](=O)[O-])c1[N+](=O)[O-]. The molecular formula is C14H6N10O17. The van der Waals surface area contributed by atoms with Gasteiger partial charge in [-0.15, -0.1) is 0 Å². The second kappa shape index (κ2) is 10.4. The van der Waals surface area contributed by atoms with E-state index in [0.717, 1.165) is 0 Å². The normalized spacial score (nSPS) is 11.0. The van der Waals surface area contributed by atoms with Crippen LogP contribution >= 0.6 is 0 Å². The molecule has 0 bridgehead atoms. The van der Waals surface area contributed by atoms with E-state index in [-0.39, 0.29) is 0 Å². The highest BCUT2D eigenvalue weighted by Gasteiger charge is 2.54. The molecule has 2 rings (SSSR count). The Morgan fingerprint density at radius 2 is 0.610 bits per heavy atom. The van der Waals surface area contributed by atoms with Gasteiger partial charge in [0, 0.05) is 5.11 Å². The van der Waals surface area contributed by atoms with Gasteiger partial charge in [0.1, 0.15) is 5.56 Å². The second-order valence-electron chi connectivity index (χ2n) is 7.17. The Labute approximate surface area is 218 Å². The Hall–Kier alpha value is -6.96. The minimum absolute atomic E-state index is 0.444. The summed E-state index contributed by atoms with van der Waals surface area (Å²) in [5, 5.41) is 108. The number of rotatable bonds is 10. The number of nitro benzene ring substituents is 8. The molecule has 214 valence electrons. The molecule has 0 aromatic heterocycles. The van der Waals surface area contributed by atoms with Crippen molar-refractivity contribution in [1.82, 2.24) is 0 Å². The summed E-state index contributed by atoms with van der Waals surface area (Å²) in [7, 11) is 0. The van der Waals surface area contributed by atoms with Crippen LogP contribution in [-0.4, -0.2) is 44.2 Å². The van der Waals surface area contributed by atoms with Crippen molar-refractivity contribution in [2.75, 3.05) is 0 Å². The van der Waals surface area contributed by atoms with Crippen LogP contribution in [0, 0.1) is 100.0 Å². The Morgan fingerprint density at radius 3 is 0.927 bits per heavy atom. The molecule has 0 atom stereocenters. The van der Waals surface area contributed by atoms with Gasteiger partial charge in [0.2, 0.25) is 5.69 Å². The number of azo groups is 1. The molecule has 0 radical (unpaired) electrons. The molecule has 0 amide bonds. The lowest BCUT2D eigenvalue weighted by molar-refractivity contribution is -0.472. The van der Waals surface area contributed by atoms with Crippen molar-refractivity contribution in [2.24, 2.45) is 5.11 Å². The van der Waals surface area contributed by atoms with Crippen LogP contribution in [0.4, 0.5) is 56.9 Å². The fourth-order valence-corrected chi connectivity index (χ4v) is 3.59. The predicted octanol–water partition coefficient (Wildman–Crippen LogP) is 3.49. The van der Waals surface area contributed by atoms with Gasteiger partial charge in [-0.2, -0.15) is 0 Å². The Morgan fingerprint density at radius 1 is 0.366 bits per heavy atom. The molecule has 2 aromatic rings. The van der Waals surface area contributed by atoms with Crippen molar-refractivity contribution >= 4 is 56.9 Å². The number of hydrogen-bond donors (Lipinski definition) is 0. The Balaban J connectivity index is 3.38. The molecule has 41 heavy (non-hydrogen) atoms. The van der Waals surface area contributed by atoms with E-state index in [1.807, 2.05) is 0 Å². The minimum Gasteiger partial charge on any atom is -0.594 e. The van der Waals surface area contributed by atoms with Crippen LogP contribution in [0.5, 0.6) is 0 Å². The highest BCUT2D eigenvalue weighted by molar-refractivity contribution is 5.87. The maximum absolute atomic E-state index is 13.0. The van der Waals surface area contributed by atoms with E-state index in [0.29, 0.717) is 13.8 Å². The molecule has 0 saturated carbocycles. The third-order valence-electron chi connectivity index (χ3n) is 5.06. The molecule has 27 heteroatoms. The summed E-state index contributed by atoms with van der Waals surface area (Å²) < 4.78 is 0. The topological polar surface area (TPSA) is 384 Å². The van der Waals surface area contributed by atoms with E-state index in [1.54, 1.807) is 0 Å². The first-order valence-corrected chi connectivity index (χ1v) is 9.54. The zero-order chi connectivity index (χ0) is 31.8. The highest BCUT2D eigenvalue weighted by atomic mass is 16.7. The van der Waals surface area contributed by atoms with Crippen molar-refractivity contribution in [2.45, 2.75) is 13.8 Å². The number of benzene rings is 2. The van der Waals surface area contributed by atoms with Gasteiger partial charge < -0.3 is 5.21 Å². The largest absolute Gasteiger partial charge is 0.594 e. The molecule has 0 saturated heterocycles. The molecule has 0 spiro atoms. The monoisotopic (exact) mass is 586 g/mol. The maximum atomic E-state index is 13.0. The van der Waals surface area contributed by atoms with E-state index >= 15 is 0 Å². The molecule has 0 heterocycles. The smallest absolute Gasteiger partial charge is 0.437 e. The standard InChI is InChI=1S/C14H6N10O17/c1-3-5(9(19(30)31)13(23(38)39)11(21(34)35)7(3)17(26)27)15-16(25)6-4(2)8(18(28)29)12(22(36)37)14(24(40)41)10(6)20(32)33/h1-2H3. The quantitative estimate of drug-likeness (QED) is 0.166. The Bertz CT molecular complexity index is 1700. The van der Waals surface area contributed by atoms with Gasteiger partial charge in [-0.1, -0.05) is 0 Å². The molecule has 0 unspecified atom stereocenters. The molecule has 0 N–H and O–H groups in total. The van der Waals surface area contributed by atoms with Crippen molar-refractivity contribution < 1.29 is 44.2 Å². The van der Waals surface area contributed by atoms with Crippen LogP contribution in [0.1, 0.15) is 11.1 Å². The maximum Gasteiger partial charge on any atom is 0.437 e. The lowest BCUT2D eigenvalue weighted by Gasteiger charge is -2.08. The van der Waals surface area contributed by atoms with Crippen molar-refractivity contribution in [3.05, 3.63) is 97.2 Å². The minimum atomic E-state index is -2.21. The van der Waals surface area contributed by atoms with E-state index in [4.69, 9.17) is 0 Å². The van der Waals surface area contributed by atoms with Crippen molar-refractivity contribution in [3.63, 3.8) is 0 Å². The van der Waals surface area contributed by atoms with Gasteiger partial charge in [-0.3, -0.25) is 80.9 Å². The van der Waals surface area contributed by atoms with E-state index in [2.05, 4.69) is 5.11 Å². The van der Waals surface area contributed by atoms with Crippen molar-refractivity contribution in [3.8, 4) is 0 Å². The fourth-order valence-electron chi connectivity index (χ4n) is 3.59. The van der Waals surface area contributed by atoms with Gasteiger partial charge in [0.05, 0.1) is 44.9 Å². The lowest BCUT2D eigenvalue weighted by Crippen LogP contribution is -2.11. The van der Waals surface area contributed by atoms with Gasteiger partial charge >= 0.3 is 51.2 Å². The summed E-state index contributed by atoms with van der Waals surface area (Å²) in [6.07, 6.45) is 0. The highest BCUT2D eigenvalue weighted by Crippen LogP contribution is 2.54. The van der Waals surface area contributed by atoms with Crippen LogP contribution < -0.4 is 0 Å². The van der Waals surface area contributed by atoms with Crippen LogP contribution in [0.3, 0.4) is 0 Å². The van der Waals surface area contributed by atoms with Crippen LogP contribution in [0.15, 0.2) is 5.11 Å². The summed E-state index contributed by atoms with van der Waals surface area (Å²) in [5.74, 6) is 0. The zero-order valence-corrected chi connectivity index (χ0v) is 19.4. The lowest BCUT2D eigenvalue weighted by atomic mass is 10.1. The molecule has 0 aliphatic rings. The average molecular weight is 586 g/mol. The van der Waals surface area contributed by atoms with Gasteiger partial charge in [-0.25, -0.2) is 0 Å². The first-order valence-electron chi connectivity index (χ1n) is 9.54. The third kappa shape index (κ3) is 4.85.